The quantitative estimate of drug-likeness (QED) is 0.827. The molecule has 0 aliphatic heterocycles. The van der Waals surface area contributed by atoms with Crippen molar-refractivity contribution in [2.24, 2.45) is 5.73 Å². The Kier molecular flexibility index (Phi) is 5.12. The molecule has 2 N–H and O–H groups in total. The maximum absolute atomic E-state index is 11.9. The third-order valence-corrected chi connectivity index (χ3v) is 2.69. The molecule has 4 heteroatoms. The number of rotatable bonds is 5. The van der Waals surface area contributed by atoms with Crippen LogP contribution in [0.4, 0.5) is 0 Å². The third kappa shape index (κ3) is 3.84. The number of ether oxygens (including phenoxy) is 1. The summed E-state index contributed by atoms with van der Waals surface area (Å²) in [6.45, 7) is 2.81. The fourth-order valence-corrected chi connectivity index (χ4v) is 1.59. The zero-order valence-corrected chi connectivity index (χ0v) is 10.6. The van der Waals surface area contributed by atoms with Crippen LogP contribution in [0.2, 0.25) is 0 Å². The lowest BCUT2D eigenvalue weighted by atomic mass is 10.1. The van der Waals surface area contributed by atoms with Gasteiger partial charge in [0.1, 0.15) is 6.10 Å². The summed E-state index contributed by atoms with van der Waals surface area (Å²) in [5, 5.41) is 0. The van der Waals surface area contributed by atoms with Crippen LogP contribution < -0.4 is 5.73 Å². The molecule has 0 aliphatic carbocycles. The van der Waals surface area contributed by atoms with Crippen molar-refractivity contribution in [2.75, 3.05) is 20.7 Å². The number of hydrogen-bond donors (Lipinski definition) is 1. The summed E-state index contributed by atoms with van der Waals surface area (Å²) >= 11 is 0. The molecule has 1 amide bonds. The average Bonchev–Trinajstić information content (AvgIpc) is 2.33. The molecule has 0 bridgehead atoms. The Morgan fingerprint density at radius 3 is 2.47 bits per heavy atom. The number of likely N-dealkylation sites (N-methyl/N-ethyl adjacent to an activating group) is 1. The van der Waals surface area contributed by atoms with Gasteiger partial charge >= 0.3 is 0 Å². The van der Waals surface area contributed by atoms with Gasteiger partial charge in [-0.25, -0.2) is 0 Å². The van der Waals surface area contributed by atoms with Crippen LogP contribution in [0.15, 0.2) is 24.3 Å². The summed E-state index contributed by atoms with van der Waals surface area (Å²) < 4.78 is 5.02. The molecule has 0 aliphatic rings. The molecular formula is C13H20N2O2. The lowest BCUT2D eigenvalue weighted by Crippen LogP contribution is -2.41. The van der Waals surface area contributed by atoms with Crippen molar-refractivity contribution in [1.82, 2.24) is 4.90 Å². The third-order valence-electron chi connectivity index (χ3n) is 2.69. The van der Waals surface area contributed by atoms with E-state index in [2.05, 4.69) is 0 Å². The van der Waals surface area contributed by atoms with E-state index in [9.17, 15) is 4.79 Å². The second kappa shape index (κ2) is 6.37. The smallest absolute Gasteiger partial charge is 0.253 e. The number of nitrogens with two attached hydrogens (primary N) is 1. The zero-order valence-electron chi connectivity index (χ0n) is 10.6. The van der Waals surface area contributed by atoms with Gasteiger partial charge in [-0.1, -0.05) is 29.8 Å². The Morgan fingerprint density at radius 2 is 2.00 bits per heavy atom. The van der Waals surface area contributed by atoms with Gasteiger partial charge in [0, 0.05) is 27.2 Å². The summed E-state index contributed by atoms with van der Waals surface area (Å²) in [6, 6.07) is 8.10. The highest BCUT2D eigenvalue weighted by molar-refractivity contribution is 5.80. The highest BCUT2D eigenvalue weighted by Crippen LogP contribution is 2.07. The van der Waals surface area contributed by atoms with Crippen LogP contribution >= 0.6 is 0 Å². The van der Waals surface area contributed by atoms with E-state index < -0.39 is 6.10 Å². The van der Waals surface area contributed by atoms with Gasteiger partial charge in [0.05, 0.1) is 0 Å². The van der Waals surface area contributed by atoms with Gasteiger partial charge in [-0.05, 0) is 12.5 Å². The first-order valence-electron chi connectivity index (χ1n) is 5.62. The highest BCUT2D eigenvalue weighted by Gasteiger charge is 2.19. The first kappa shape index (κ1) is 13.7. The van der Waals surface area contributed by atoms with Crippen LogP contribution in [0.5, 0.6) is 0 Å². The standard InChI is InChI=1S/C13H20N2O2/c1-10-4-6-11(7-5-10)9-15(2)13(16)12(8-14)17-3/h4-7,12H,8-9,14H2,1-3H3. The summed E-state index contributed by atoms with van der Waals surface area (Å²) in [4.78, 5) is 13.5. The lowest BCUT2D eigenvalue weighted by Gasteiger charge is -2.22. The minimum absolute atomic E-state index is 0.0874. The Bertz CT molecular complexity index is 358. The van der Waals surface area contributed by atoms with Crippen molar-refractivity contribution < 1.29 is 9.53 Å². The first-order valence-corrected chi connectivity index (χ1v) is 5.62. The molecule has 0 aromatic heterocycles. The van der Waals surface area contributed by atoms with E-state index in [0.29, 0.717) is 6.54 Å². The van der Waals surface area contributed by atoms with Gasteiger partial charge in [0.2, 0.25) is 0 Å². The number of carbonyl (C=O) groups excluding carboxylic acids is 1. The molecule has 0 spiro atoms. The zero-order chi connectivity index (χ0) is 12.8. The monoisotopic (exact) mass is 236 g/mol. The van der Waals surface area contributed by atoms with Gasteiger partial charge in [0.25, 0.3) is 5.91 Å². The lowest BCUT2D eigenvalue weighted by molar-refractivity contribution is -0.140. The van der Waals surface area contributed by atoms with Gasteiger partial charge in [-0.3, -0.25) is 4.79 Å². The van der Waals surface area contributed by atoms with Crippen molar-refractivity contribution in [3.8, 4) is 0 Å². The predicted octanol–water partition coefficient (Wildman–Crippen LogP) is 0.927. The molecule has 1 aromatic rings. The second-order valence-electron chi connectivity index (χ2n) is 4.14. The van der Waals surface area contributed by atoms with Gasteiger partial charge < -0.3 is 15.4 Å². The summed E-state index contributed by atoms with van der Waals surface area (Å²) in [6.07, 6.45) is -0.551. The Morgan fingerprint density at radius 1 is 1.41 bits per heavy atom. The van der Waals surface area contributed by atoms with E-state index in [1.54, 1.807) is 11.9 Å². The summed E-state index contributed by atoms with van der Waals surface area (Å²) in [7, 11) is 3.25. The van der Waals surface area contributed by atoms with E-state index in [1.807, 2.05) is 31.2 Å². The Labute approximate surface area is 102 Å². The summed E-state index contributed by atoms with van der Waals surface area (Å²) in [5.74, 6) is -0.0874. The number of benzene rings is 1. The molecule has 4 nitrogen and oxygen atoms in total. The Hall–Kier alpha value is -1.39. The molecular weight excluding hydrogens is 216 g/mol. The van der Waals surface area contributed by atoms with Crippen molar-refractivity contribution >= 4 is 5.91 Å². The first-order chi connectivity index (χ1) is 8.08. The maximum atomic E-state index is 11.9. The number of carbonyl (C=O) groups is 1. The fourth-order valence-electron chi connectivity index (χ4n) is 1.59. The van der Waals surface area contributed by atoms with E-state index in [-0.39, 0.29) is 12.5 Å². The van der Waals surface area contributed by atoms with E-state index in [0.717, 1.165) is 5.56 Å². The van der Waals surface area contributed by atoms with E-state index in [1.165, 1.54) is 12.7 Å². The van der Waals surface area contributed by atoms with Gasteiger partial charge in [-0.15, -0.1) is 0 Å². The molecule has 1 atom stereocenters. The molecule has 0 heterocycles. The van der Waals surface area contributed by atoms with Crippen LogP contribution in [-0.2, 0) is 16.1 Å². The SMILES string of the molecule is COC(CN)C(=O)N(C)Cc1ccc(C)cc1. The van der Waals surface area contributed by atoms with Crippen LogP contribution in [-0.4, -0.2) is 37.6 Å². The van der Waals surface area contributed by atoms with Gasteiger partial charge in [0.15, 0.2) is 0 Å². The van der Waals surface area contributed by atoms with E-state index in [4.69, 9.17) is 10.5 Å². The second-order valence-corrected chi connectivity index (χ2v) is 4.14. The largest absolute Gasteiger partial charge is 0.370 e. The van der Waals surface area contributed by atoms with Crippen LogP contribution in [0.3, 0.4) is 0 Å². The van der Waals surface area contributed by atoms with E-state index >= 15 is 0 Å². The number of methoxy groups -OCH3 is 1. The summed E-state index contributed by atoms with van der Waals surface area (Å²) in [5.41, 5.74) is 7.77. The normalized spacial score (nSPS) is 12.2. The molecule has 94 valence electrons. The molecule has 0 saturated heterocycles. The minimum atomic E-state index is -0.551. The van der Waals surface area contributed by atoms with Crippen LogP contribution in [0, 0.1) is 6.92 Å². The minimum Gasteiger partial charge on any atom is -0.370 e. The van der Waals surface area contributed by atoms with Crippen molar-refractivity contribution in [3.63, 3.8) is 0 Å². The predicted molar refractivity (Wildman–Crippen MR) is 67.5 cm³/mol. The fraction of sp³-hybridized carbons (Fsp3) is 0.462. The number of amides is 1. The molecule has 1 rings (SSSR count). The molecule has 0 saturated carbocycles. The van der Waals surface area contributed by atoms with Crippen molar-refractivity contribution in [2.45, 2.75) is 19.6 Å². The maximum Gasteiger partial charge on any atom is 0.253 e. The van der Waals surface area contributed by atoms with Crippen LogP contribution in [0.1, 0.15) is 11.1 Å². The average molecular weight is 236 g/mol. The molecule has 1 aromatic carbocycles. The highest BCUT2D eigenvalue weighted by atomic mass is 16.5. The van der Waals surface area contributed by atoms with Crippen molar-refractivity contribution in [3.05, 3.63) is 35.4 Å². The van der Waals surface area contributed by atoms with Crippen LogP contribution in [0.25, 0.3) is 0 Å². The van der Waals surface area contributed by atoms with Gasteiger partial charge in [-0.2, -0.15) is 0 Å². The molecule has 1 unspecified atom stereocenters. The Balaban J connectivity index is 2.62. The van der Waals surface area contributed by atoms with Crippen molar-refractivity contribution in [1.29, 1.82) is 0 Å². The number of aryl methyl sites for hydroxylation is 1. The topological polar surface area (TPSA) is 55.6 Å². The molecule has 0 fully saturated rings. The molecule has 0 radical (unpaired) electrons. The number of nitrogens with zero attached hydrogens (tertiary/aromatic N) is 1. The number of hydrogen-bond acceptors (Lipinski definition) is 3. The molecule has 17 heavy (non-hydrogen) atoms.